The molecule has 0 aliphatic carbocycles. The fourth-order valence-corrected chi connectivity index (χ4v) is 5.96. The van der Waals surface area contributed by atoms with E-state index >= 15 is 0 Å². The maximum atomic E-state index is 14.1. The molecule has 0 aliphatic rings. The van der Waals surface area contributed by atoms with E-state index in [-0.39, 0.29) is 23.0 Å². The number of carbonyl (C=O) groups excluding carboxylic acids is 2. The third-order valence-electron chi connectivity index (χ3n) is 6.50. The number of nitrogens with zero attached hydrogens (tertiary/aromatic N) is 2. The first-order valence-electron chi connectivity index (χ1n) is 13.3. The van der Waals surface area contributed by atoms with Crippen LogP contribution in [-0.2, 0) is 26.2 Å². The Morgan fingerprint density at radius 1 is 0.951 bits per heavy atom. The lowest BCUT2D eigenvalue weighted by molar-refractivity contribution is -0.140. The zero-order valence-electron chi connectivity index (χ0n) is 23.3. The number of hydrogen-bond acceptors (Lipinski definition) is 5. The van der Waals surface area contributed by atoms with Gasteiger partial charge in [-0.05, 0) is 73.0 Å². The van der Waals surface area contributed by atoms with E-state index < -0.39 is 28.5 Å². The van der Waals surface area contributed by atoms with Gasteiger partial charge in [0.1, 0.15) is 18.3 Å². The monoisotopic (exact) mass is 619 g/mol. The van der Waals surface area contributed by atoms with Gasteiger partial charge in [-0.1, -0.05) is 61.7 Å². The lowest BCUT2D eigenvalue weighted by atomic mass is 10.1. The molecule has 3 rings (SSSR count). The molecular weight excluding hydrogens is 585 g/mol. The van der Waals surface area contributed by atoms with Crippen molar-refractivity contribution < 1.29 is 22.7 Å². The lowest BCUT2D eigenvalue weighted by Crippen LogP contribution is -2.52. The maximum Gasteiger partial charge on any atom is 0.264 e. The fraction of sp³-hybridized carbons (Fsp3) is 0.333. The van der Waals surface area contributed by atoms with E-state index in [9.17, 15) is 18.0 Å². The Morgan fingerprint density at radius 2 is 1.63 bits per heavy atom. The lowest BCUT2D eigenvalue weighted by Gasteiger charge is -2.33. The molecule has 0 unspecified atom stereocenters. The molecule has 0 saturated heterocycles. The summed E-state index contributed by atoms with van der Waals surface area (Å²) in [7, 11) is -2.66. The van der Waals surface area contributed by atoms with Crippen molar-refractivity contribution >= 4 is 50.7 Å². The van der Waals surface area contributed by atoms with Crippen LogP contribution in [0.3, 0.4) is 0 Å². The number of unbranched alkanes of at least 4 members (excludes halogenated alkanes) is 1. The number of amides is 2. The Hall–Kier alpha value is -3.27. The van der Waals surface area contributed by atoms with Crippen LogP contribution in [0.15, 0.2) is 77.7 Å². The zero-order valence-corrected chi connectivity index (χ0v) is 25.7. The van der Waals surface area contributed by atoms with Crippen LogP contribution < -0.4 is 14.4 Å². The van der Waals surface area contributed by atoms with Crippen molar-refractivity contribution in [2.24, 2.45) is 0 Å². The van der Waals surface area contributed by atoms with Crippen molar-refractivity contribution in [3.63, 3.8) is 0 Å². The van der Waals surface area contributed by atoms with Crippen molar-refractivity contribution in [3.05, 3.63) is 88.4 Å². The summed E-state index contributed by atoms with van der Waals surface area (Å²) in [6.45, 7) is 3.86. The molecule has 0 radical (unpaired) electrons. The average molecular weight is 621 g/mol. The molecule has 1 atom stereocenters. The van der Waals surface area contributed by atoms with Crippen LogP contribution in [0, 0.1) is 0 Å². The minimum atomic E-state index is -4.22. The summed E-state index contributed by atoms with van der Waals surface area (Å²) in [5.74, 6) is -0.189. The molecular formula is C30H35Cl2N3O5S. The topological polar surface area (TPSA) is 96.0 Å². The van der Waals surface area contributed by atoms with E-state index in [0.717, 1.165) is 22.7 Å². The average Bonchev–Trinajstić information content (AvgIpc) is 2.96. The molecule has 0 heterocycles. The van der Waals surface area contributed by atoms with Gasteiger partial charge in [0.15, 0.2) is 0 Å². The highest BCUT2D eigenvalue weighted by molar-refractivity contribution is 7.92. The van der Waals surface area contributed by atoms with E-state index in [0.29, 0.717) is 28.8 Å². The molecule has 0 saturated carbocycles. The Morgan fingerprint density at radius 3 is 2.22 bits per heavy atom. The second kappa shape index (κ2) is 15.1. The van der Waals surface area contributed by atoms with Gasteiger partial charge in [-0.15, -0.1) is 0 Å². The molecule has 0 bridgehead atoms. The predicted molar refractivity (Wildman–Crippen MR) is 163 cm³/mol. The highest BCUT2D eigenvalue weighted by Crippen LogP contribution is 2.28. The summed E-state index contributed by atoms with van der Waals surface area (Å²) < 4.78 is 34.0. The van der Waals surface area contributed by atoms with Gasteiger partial charge in [0.05, 0.1) is 17.7 Å². The summed E-state index contributed by atoms with van der Waals surface area (Å²) in [4.78, 5) is 28.7. The number of sulfonamides is 1. The molecule has 8 nitrogen and oxygen atoms in total. The molecule has 1 N–H and O–H groups in total. The molecule has 0 fully saturated rings. The minimum absolute atomic E-state index is 0.0410. The van der Waals surface area contributed by atoms with Crippen LogP contribution in [0.1, 0.15) is 38.7 Å². The summed E-state index contributed by atoms with van der Waals surface area (Å²) in [5, 5.41) is 3.60. The number of anilines is 1. The van der Waals surface area contributed by atoms with Crippen molar-refractivity contribution in [1.29, 1.82) is 0 Å². The van der Waals surface area contributed by atoms with E-state index in [2.05, 4.69) is 5.32 Å². The first-order valence-corrected chi connectivity index (χ1v) is 15.5. The van der Waals surface area contributed by atoms with Gasteiger partial charge in [0.2, 0.25) is 11.8 Å². The van der Waals surface area contributed by atoms with Crippen LogP contribution >= 0.6 is 23.2 Å². The number of ether oxygens (including phenoxy) is 1. The second-order valence-electron chi connectivity index (χ2n) is 9.38. The highest BCUT2D eigenvalue weighted by Gasteiger charge is 2.33. The quantitative estimate of drug-likeness (QED) is 0.226. The molecule has 2 amide bonds. The second-order valence-corrected chi connectivity index (χ2v) is 12.1. The molecule has 0 aliphatic heterocycles. The van der Waals surface area contributed by atoms with Crippen LogP contribution in [0.2, 0.25) is 10.0 Å². The third kappa shape index (κ3) is 8.61. The molecule has 220 valence electrons. The molecule has 41 heavy (non-hydrogen) atoms. The van der Waals surface area contributed by atoms with E-state index in [1.54, 1.807) is 49.6 Å². The summed E-state index contributed by atoms with van der Waals surface area (Å²) >= 11 is 12.2. The van der Waals surface area contributed by atoms with Gasteiger partial charge >= 0.3 is 0 Å². The molecule has 0 spiro atoms. The van der Waals surface area contributed by atoms with E-state index in [4.69, 9.17) is 27.9 Å². The number of halogens is 2. The maximum absolute atomic E-state index is 14.1. The minimum Gasteiger partial charge on any atom is -0.497 e. The van der Waals surface area contributed by atoms with E-state index in [1.165, 1.54) is 35.2 Å². The smallest absolute Gasteiger partial charge is 0.264 e. The van der Waals surface area contributed by atoms with Crippen molar-refractivity contribution in [1.82, 2.24) is 10.2 Å². The first kappa shape index (κ1) is 32.2. The highest BCUT2D eigenvalue weighted by atomic mass is 35.5. The number of hydrogen-bond donors (Lipinski definition) is 1. The van der Waals surface area contributed by atoms with E-state index in [1.807, 2.05) is 13.8 Å². The Labute approximate surface area is 252 Å². The van der Waals surface area contributed by atoms with Gasteiger partial charge in [0.25, 0.3) is 10.0 Å². The predicted octanol–water partition coefficient (Wildman–Crippen LogP) is 5.92. The van der Waals surface area contributed by atoms with Crippen molar-refractivity contribution in [3.8, 4) is 5.75 Å². The number of nitrogens with one attached hydrogen (secondary N) is 1. The van der Waals surface area contributed by atoms with Gasteiger partial charge in [-0.25, -0.2) is 8.42 Å². The van der Waals surface area contributed by atoms with Crippen molar-refractivity contribution in [2.75, 3.05) is 24.5 Å². The normalized spacial score (nSPS) is 11.9. The SMILES string of the molecule is CCCCNC(=O)[C@@H](CC)N(Cc1ccc(OC)cc1)C(=O)CN(c1cccc(Cl)c1)S(=O)(=O)c1ccc(Cl)cc1. The largest absolute Gasteiger partial charge is 0.497 e. The molecule has 3 aromatic rings. The number of rotatable bonds is 14. The molecule has 3 aromatic carbocycles. The Kier molecular flexibility index (Phi) is 11.9. The number of benzene rings is 3. The van der Waals surface area contributed by atoms with Gasteiger partial charge in [0, 0.05) is 23.1 Å². The van der Waals surface area contributed by atoms with Gasteiger partial charge in [-0.3, -0.25) is 13.9 Å². The summed E-state index contributed by atoms with van der Waals surface area (Å²) in [6.07, 6.45) is 2.04. The van der Waals surface area contributed by atoms with Crippen LogP contribution in [0.4, 0.5) is 5.69 Å². The number of methoxy groups -OCH3 is 1. The first-order chi connectivity index (χ1) is 19.6. The summed E-state index contributed by atoms with van der Waals surface area (Å²) in [6, 6.07) is 18.3. The van der Waals surface area contributed by atoms with Gasteiger partial charge < -0.3 is 15.0 Å². The number of carbonyl (C=O) groups is 2. The zero-order chi connectivity index (χ0) is 30.0. The standard InChI is InChI=1S/C30H35Cl2N3O5S/c1-4-6-18-33-30(37)28(5-2)34(20-22-10-14-26(40-3)15-11-22)29(36)21-35(25-9-7-8-24(32)19-25)41(38,39)27-16-12-23(31)13-17-27/h7-17,19,28H,4-6,18,20-21H2,1-3H3,(H,33,37)/t28-/m1/s1. The Balaban J connectivity index is 2.03. The van der Waals surface area contributed by atoms with Crippen molar-refractivity contribution in [2.45, 2.75) is 50.6 Å². The molecule has 0 aromatic heterocycles. The Bertz CT molecular complexity index is 1420. The van der Waals surface area contributed by atoms with Gasteiger partial charge in [-0.2, -0.15) is 0 Å². The molecule has 11 heteroatoms. The third-order valence-corrected chi connectivity index (χ3v) is 8.78. The van der Waals surface area contributed by atoms with Crippen LogP contribution in [0.25, 0.3) is 0 Å². The summed E-state index contributed by atoms with van der Waals surface area (Å²) in [5.41, 5.74) is 0.972. The van der Waals surface area contributed by atoms with Crippen LogP contribution in [-0.4, -0.2) is 51.4 Å². The van der Waals surface area contributed by atoms with Crippen LogP contribution in [0.5, 0.6) is 5.75 Å². The fourth-order valence-electron chi connectivity index (χ4n) is 4.25.